The standard InChI is InChI=1S/C10H14N4OS/c1-7-8(6-12-15-7)10-14-13-9(16-10)4-3-5-11-2/h6,11H,3-5H2,1-2H3. The number of nitrogens with one attached hydrogen (secondary N) is 1. The van der Waals surface area contributed by atoms with E-state index >= 15 is 0 Å². The maximum absolute atomic E-state index is 5.01. The Kier molecular flexibility index (Phi) is 3.63. The molecule has 0 radical (unpaired) electrons. The Morgan fingerprint density at radius 3 is 3.00 bits per heavy atom. The zero-order valence-corrected chi connectivity index (χ0v) is 10.2. The molecule has 0 saturated carbocycles. The summed E-state index contributed by atoms with van der Waals surface area (Å²) in [5, 5.41) is 17.1. The van der Waals surface area contributed by atoms with Gasteiger partial charge in [0.1, 0.15) is 10.8 Å². The van der Waals surface area contributed by atoms with Gasteiger partial charge in [-0.1, -0.05) is 16.5 Å². The Morgan fingerprint density at radius 1 is 1.44 bits per heavy atom. The molecule has 6 heteroatoms. The summed E-state index contributed by atoms with van der Waals surface area (Å²) in [6.45, 7) is 2.88. The molecule has 2 heterocycles. The second kappa shape index (κ2) is 5.18. The lowest BCUT2D eigenvalue weighted by Crippen LogP contribution is -2.08. The average Bonchev–Trinajstić information content (AvgIpc) is 2.87. The van der Waals surface area contributed by atoms with Gasteiger partial charge in [0.05, 0.1) is 11.8 Å². The van der Waals surface area contributed by atoms with E-state index in [4.69, 9.17) is 4.52 Å². The Bertz CT molecular complexity index is 451. The highest BCUT2D eigenvalue weighted by Gasteiger charge is 2.11. The highest BCUT2D eigenvalue weighted by Crippen LogP contribution is 2.26. The maximum atomic E-state index is 5.01. The lowest BCUT2D eigenvalue weighted by Gasteiger charge is -1.94. The van der Waals surface area contributed by atoms with E-state index in [0.717, 1.165) is 40.7 Å². The summed E-state index contributed by atoms with van der Waals surface area (Å²) in [4.78, 5) is 0. The molecule has 0 saturated heterocycles. The number of rotatable bonds is 5. The number of hydrogen-bond donors (Lipinski definition) is 1. The van der Waals surface area contributed by atoms with Gasteiger partial charge in [0.25, 0.3) is 0 Å². The topological polar surface area (TPSA) is 63.8 Å². The fraction of sp³-hybridized carbons (Fsp3) is 0.500. The molecular formula is C10H14N4OS. The third-order valence-corrected chi connectivity index (χ3v) is 3.28. The van der Waals surface area contributed by atoms with Crippen molar-refractivity contribution < 1.29 is 4.52 Å². The van der Waals surface area contributed by atoms with Crippen LogP contribution in [0, 0.1) is 6.92 Å². The SMILES string of the molecule is CNCCCc1nnc(-c2cnoc2C)s1. The van der Waals surface area contributed by atoms with Crippen LogP contribution in [0.1, 0.15) is 17.2 Å². The molecule has 0 spiro atoms. The summed E-state index contributed by atoms with van der Waals surface area (Å²) in [6, 6.07) is 0. The number of nitrogens with zero attached hydrogens (tertiary/aromatic N) is 3. The van der Waals surface area contributed by atoms with Crippen LogP contribution in [0.15, 0.2) is 10.7 Å². The molecule has 5 nitrogen and oxygen atoms in total. The molecule has 2 aromatic heterocycles. The Labute approximate surface area is 97.9 Å². The van der Waals surface area contributed by atoms with Crippen LogP contribution in [0.5, 0.6) is 0 Å². The van der Waals surface area contributed by atoms with Gasteiger partial charge in [0.2, 0.25) is 0 Å². The Balaban J connectivity index is 2.05. The molecular weight excluding hydrogens is 224 g/mol. The molecule has 0 atom stereocenters. The Hall–Kier alpha value is -1.27. The van der Waals surface area contributed by atoms with E-state index in [9.17, 15) is 0 Å². The molecule has 0 aliphatic heterocycles. The van der Waals surface area contributed by atoms with Crippen molar-refractivity contribution in [1.82, 2.24) is 20.7 Å². The molecule has 2 aromatic rings. The van der Waals surface area contributed by atoms with Crippen molar-refractivity contribution in [2.45, 2.75) is 19.8 Å². The van der Waals surface area contributed by atoms with Crippen molar-refractivity contribution in [2.75, 3.05) is 13.6 Å². The molecule has 0 aliphatic rings. The zero-order chi connectivity index (χ0) is 11.4. The smallest absolute Gasteiger partial charge is 0.152 e. The van der Waals surface area contributed by atoms with E-state index in [1.54, 1.807) is 17.5 Å². The quantitative estimate of drug-likeness (QED) is 0.802. The zero-order valence-electron chi connectivity index (χ0n) is 9.36. The van der Waals surface area contributed by atoms with E-state index in [1.807, 2.05) is 14.0 Å². The van der Waals surface area contributed by atoms with Gasteiger partial charge < -0.3 is 9.84 Å². The summed E-state index contributed by atoms with van der Waals surface area (Å²) < 4.78 is 5.01. The van der Waals surface area contributed by atoms with Crippen molar-refractivity contribution in [3.63, 3.8) is 0 Å². The van der Waals surface area contributed by atoms with Crippen LogP contribution in [-0.4, -0.2) is 28.9 Å². The van der Waals surface area contributed by atoms with Crippen molar-refractivity contribution in [1.29, 1.82) is 0 Å². The van der Waals surface area contributed by atoms with Gasteiger partial charge in [0.15, 0.2) is 5.01 Å². The highest BCUT2D eigenvalue weighted by molar-refractivity contribution is 7.14. The predicted molar refractivity (Wildman–Crippen MR) is 62.4 cm³/mol. The minimum absolute atomic E-state index is 0.790. The van der Waals surface area contributed by atoms with E-state index in [2.05, 4.69) is 20.7 Å². The van der Waals surface area contributed by atoms with Crippen LogP contribution in [0.4, 0.5) is 0 Å². The molecule has 0 bridgehead atoms. The summed E-state index contributed by atoms with van der Waals surface area (Å²) in [5.41, 5.74) is 0.942. The van der Waals surface area contributed by atoms with E-state index in [0.29, 0.717) is 0 Å². The second-order valence-corrected chi connectivity index (χ2v) is 4.57. The number of aromatic nitrogens is 3. The molecule has 0 aliphatic carbocycles. The van der Waals surface area contributed by atoms with Gasteiger partial charge in [0, 0.05) is 6.42 Å². The van der Waals surface area contributed by atoms with Crippen molar-refractivity contribution in [3.05, 3.63) is 17.0 Å². The molecule has 0 unspecified atom stereocenters. The van der Waals surface area contributed by atoms with E-state index in [-0.39, 0.29) is 0 Å². The molecule has 86 valence electrons. The maximum Gasteiger partial charge on any atom is 0.152 e. The first-order valence-electron chi connectivity index (χ1n) is 5.20. The lowest BCUT2D eigenvalue weighted by molar-refractivity contribution is 0.398. The Morgan fingerprint density at radius 2 is 2.31 bits per heavy atom. The third-order valence-electron chi connectivity index (χ3n) is 2.27. The molecule has 0 amide bonds. The number of aryl methyl sites for hydroxylation is 2. The summed E-state index contributed by atoms with van der Waals surface area (Å²) >= 11 is 1.61. The first kappa shape index (κ1) is 11.2. The van der Waals surface area contributed by atoms with Crippen LogP contribution in [-0.2, 0) is 6.42 Å². The number of hydrogen-bond acceptors (Lipinski definition) is 6. The largest absolute Gasteiger partial charge is 0.361 e. The van der Waals surface area contributed by atoms with Crippen LogP contribution in [0.25, 0.3) is 10.6 Å². The van der Waals surface area contributed by atoms with Gasteiger partial charge >= 0.3 is 0 Å². The first-order chi connectivity index (χ1) is 7.81. The second-order valence-electron chi connectivity index (χ2n) is 3.50. The van der Waals surface area contributed by atoms with Gasteiger partial charge in [-0.3, -0.25) is 0 Å². The molecule has 0 fully saturated rings. The normalized spacial score (nSPS) is 10.9. The lowest BCUT2D eigenvalue weighted by atomic mass is 10.3. The predicted octanol–water partition coefficient (Wildman–Crippen LogP) is 1.65. The molecule has 16 heavy (non-hydrogen) atoms. The molecule has 0 aromatic carbocycles. The van der Waals surface area contributed by atoms with Crippen LogP contribution in [0.2, 0.25) is 0 Å². The van der Waals surface area contributed by atoms with Gasteiger partial charge in [-0.2, -0.15) is 0 Å². The minimum atomic E-state index is 0.790. The van der Waals surface area contributed by atoms with E-state index in [1.165, 1.54) is 0 Å². The van der Waals surface area contributed by atoms with Crippen LogP contribution in [0.3, 0.4) is 0 Å². The molecule has 1 N–H and O–H groups in total. The van der Waals surface area contributed by atoms with Crippen LogP contribution >= 0.6 is 11.3 Å². The van der Waals surface area contributed by atoms with Crippen molar-refractivity contribution in [3.8, 4) is 10.6 Å². The van der Waals surface area contributed by atoms with Crippen molar-refractivity contribution >= 4 is 11.3 Å². The van der Waals surface area contributed by atoms with Gasteiger partial charge in [-0.05, 0) is 26.9 Å². The van der Waals surface area contributed by atoms with Gasteiger partial charge in [-0.25, -0.2) is 0 Å². The summed E-state index contributed by atoms with van der Waals surface area (Å²) in [5.74, 6) is 0.790. The molecule has 2 rings (SSSR count). The van der Waals surface area contributed by atoms with E-state index < -0.39 is 0 Å². The van der Waals surface area contributed by atoms with Gasteiger partial charge in [-0.15, -0.1) is 10.2 Å². The summed E-state index contributed by atoms with van der Waals surface area (Å²) in [7, 11) is 1.95. The highest BCUT2D eigenvalue weighted by atomic mass is 32.1. The third kappa shape index (κ3) is 2.45. The fourth-order valence-corrected chi connectivity index (χ4v) is 2.32. The van der Waals surface area contributed by atoms with Crippen LogP contribution < -0.4 is 5.32 Å². The average molecular weight is 238 g/mol. The minimum Gasteiger partial charge on any atom is -0.361 e. The summed E-state index contributed by atoms with van der Waals surface area (Å²) in [6.07, 6.45) is 3.73. The van der Waals surface area contributed by atoms with Crippen molar-refractivity contribution in [2.24, 2.45) is 0 Å². The first-order valence-corrected chi connectivity index (χ1v) is 6.01. The monoisotopic (exact) mass is 238 g/mol. The fourth-order valence-electron chi connectivity index (χ4n) is 1.38.